The van der Waals surface area contributed by atoms with Crippen LogP contribution in [0, 0.1) is 0 Å². The quantitative estimate of drug-likeness (QED) is 0.712. The van der Waals surface area contributed by atoms with Gasteiger partial charge in [0, 0.05) is 10.6 Å². The third kappa shape index (κ3) is 1.02. The fourth-order valence-corrected chi connectivity index (χ4v) is 1.53. The standard InChI is InChI=1S/C6H3BrClN3/c7-3-1-9-6-4(3)5(8)10-2-11-6/h1-2H,(H,9,10,11)/i1D,2D/hD. The topological polar surface area (TPSA) is 41.6 Å². The van der Waals surface area contributed by atoms with Crippen molar-refractivity contribution in [3.63, 3.8) is 0 Å². The number of H-pyrrole nitrogens is 1. The molecule has 11 heavy (non-hydrogen) atoms. The molecule has 0 spiro atoms. The molecule has 2 heterocycles. The Morgan fingerprint density at radius 2 is 2.55 bits per heavy atom. The van der Waals surface area contributed by atoms with Crippen molar-refractivity contribution in [1.82, 2.24) is 14.9 Å². The van der Waals surface area contributed by atoms with Gasteiger partial charge in [-0.2, -0.15) is 0 Å². The Bertz CT molecular complexity index is 527. The molecule has 0 saturated carbocycles. The van der Waals surface area contributed by atoms with E-state index in [9.17, 15) is 0 Å². The molecule has 2 aromatic rings. The highest BCUT2D eigenvalue weighted by Gasteiger charge is 2.05. The summed E-state index contributed by atoms with van der Waals surface area (Å²) in [5.41, 5.74) is 0.159. The van der Waals surface area contributed by atoms with Crippen LogP contribution in [0.5, 0.6) is 0 Å². The summed E-state index contributed by atoms with van der Waals surface area (Å²) in [6.07, 6.45) is -0.331. The van der Waals surface area contributed by atoms with Crippen molar-refractivity contribution >= 4 is 38.6 Å². The second-order valence-corrected chi connectivity index (χ2v) is 3.00. The first-order valence-corrected chi connectivity index (χ1v) is 3.89. The maximum atomic E-state index is 7.48. The second-order valence-electron chi connectivity index (χ2n) is 1.85. The number of hydrogen-bond acceptors (Lipinski definition) is 2. The van der Waals surface area contributed by atoms with Gasteiger partial charge < -0.3 is 4.98 Å². The molecule has 0 aliphatic rings. The third-order valence-electron chi connectivity index (χ3n) is 1.21. The second kappa shape index (κ2) is 2.46. The van der Waals surface area contributed by atoms with E-state index in [1.54, 1.807) is 0 Å². The Morgan fingerprint density at radius 1 is 1.73 bits per heavy atom. The normalized spacial score (nSPS) is 14.5. The van der Waals surface area contributed by atoms with Crippen molar-refractivity contribution < 1.29 is 4.15 Å². The molecule has 0 aliphatic heterocycles. The Hall–Kier alpha value is -0.610. The molecule has 0 unspecified atom stereocenters. The van der Waals surface area contributed by atoms with E-state index in [0.29, 0.717) is 9.86 Å². The van der Waals surface area contributed by atoms with Crippen LogP contribution in [-0.4, -0.2) is 14.9 Å². The summed E-state index contributed by atoms with van der Waals surface area (Å²) in [6, 6.07) is 0. The van der Waals surface area contributed by atoms with E-state index < -0.39 is 0 Å². The lowest BCUT2D eigenvalue weighted by atomic mass is 10.4. The molecule has 3 nitrogen and oxygen atoms in total. The molecular formula is C6H3BrClN3. The van der Waals surface area contributed by atoms with E-state index in [-0.39, 0.29) is 23.3 Å². The van der Waals surface area contributed by atoms with Gasteiger partial charge in [-0.3, -0.25) is 0 Å². The van der Waals surface area contributed by atoms with E-state index in [1.807, 2.05) is 0 Å². The van der Waals surface area contributed by atoms with E-state index >= 15 is 0 Å². The molecule has 0 fully saturated rings. The zero-order valence-electron chi connectivity index (χ0n) is 8.10. The zero-order valence-corrected chi connectivity index (χ0v) is 7.44. The van der Waals surface area contributed by atoms with Crippen LogP contribution in [0.1, 0.15) is 2.74 Å². The average molecular weight is 235 g/mol. The molecule has 5 heteroatoms. The number of nitrogens with zero attached hydrogens (tertiary/aromatic N) is 2. The lowest BCUT2D eigenvalue weighted by Gasteiger charge is -1.90. The van der Waals surface area contributed by atoms with Crippen LogP contribution in [-0.2, 0) is 0 Å². The number of fused-ring (bicyclic) bond motifs is 1. The minimum absolute atomic E-state index is 0.0678. The average Bonchev–Trinajstić information content (AvgIpc) is 2.31. The molecule has 0 radical (unpaired) electrons. The van der Waals surface area contributed by atoms with Gasteiger partial charge in [0.15, 0.2) is 1.41 Å². The number of halogens is 2. The smallest absolute Gasteiger partial charge is 0.168 e. The van der Waals surface area contributed by atoms with Crippen molar-refractivity contribution in [3.05, 3.63) is 22.1 Å². The van der Waals surface area contributed by atoms with E-state index in [4.69, 9.17) is 15.8 Å². The predicted octanol–water partition coefficient (Wildman–Crippen LogP) is 2.37. The van der Waals surface area contributed by atoms with Gasteiger partial charge in [0.05, 0.1) is 6.76 Å². The number of aromatic amines is 1. The Labute approximate surface area is 80.2 Å². The maximum Gasteiger partial charge on any atom is 0.168 e. The lowest BCUT2D eigenvalue weighted by Crippen LogP contribution is -1.80. The van der Waals surface area contributed by atoms with Gasteiger partial charge in [0.25, 0.3) is 0 Å². The molecule has 0 atom stereocenters. The van der Waals surface area contributed by atoms with Crippen LogP contribution in [0.2, 0.25) is 6.56 Å². The molecular weight excluding hydrogens is 229 g/mol. The summed E-state index contributed by atoms with van der Waals surface area (Å²) < 4.78 is 22.5. The molecule has 0 aromatic carbocycles. The number of hydrogen-bond donors (Lipinski definition) is 1. The van der Waals surface area contributed by atoms with Crippen molar-refractivity contribution in [2.45, 2.75) is 0 Å². The molecule has 56 valence electrons. The maximum absolute atomic E-state index is 7.48. The summed E-state index contributed by atoms with van der Waals surface area (Å²) in [5, 5.41) is 0.467. The molecule has 2 rings (SSSR count). The molecule has 0 bridgehead atoms. The van der Waals surface area contributed by atoms with Crippen molar-refractivity contribution in [2.24, 2.45) is 0 Å². The Morgan fingerprint density at radius 3 is 3.36 bits per heavy atom. The number of nitrogens with one attached hydrogen (secondary N) is 1. The molecule has 0 aliphatic carbocycles. The fraction of sp³-hybridized carbons (Fsp3) is 0. The molecule has 2 aromatic heterocycles. The van der Waals surface area contributed by atoms with Crippen LogP contribution in [0.4, 0.5) is 0 Å². The van der Waals surface area contributed by atoms with E-state index in [2.05, 4.69) is 25.9 Å². The van der Waals surface area contributed by atoms with Crippen molar-refractivity contribution in [2.75, 3.05) is 0 Å². The minimum atomic E-state index is -0.263. The Balaban J connectivity index is 3.02. The van der Waals surface area contributed by atoms with Crippen LogP contribution in [0.25, 0.3) is 11.0 Å². The van der Waals surface area contributed by atoms with Gasteiger partial charge in [-0.1, -0.05) is 11.6 Å². The summed E-state index contributed by atoms with van der Waals surface area (Å²) in [5.74, 6) is 0. The van der Waals surface area contributed by atoms with Crippen molar-refractivity contribution in [3.8, 4) is 0 Å². The van der Waals surface area contributed by atoms with Gasteiger partial charge >= 0.3 is 0 Å². The molecule has 0 amide bonds. The third-order valence-corrected chi connectivity index (χ3v) is 2.06. The van der Waals surface area contributed by atoms with Gasteiger partial charge in [-0.05, 0) is 15.9 Å². The van der Waals surface area contributed by atoms with Crippen molar-refractivity contribution in [1.29, 1.82) is 0 Å². The highest BCUT2D eigenvalue weighted by Crippen LogP contribution is 2.26. The number of rotatable bonds is 0. The zero-order chi connectivity index (χ0) is 10.5. The van der Waals surface area contributed by atoms with Gasteiger partial charge in [-0.25, -0.2) is 9.97 Å². The van der Waals surface area contributed by atoms with Crippen LogP contribution in [0.15, 0.2) is 16.9 Å². The first-order chi connectivity index (χ1) is 6.52. The Kier molecular flexibility index (Phi) is 0.990. The molecule has 1 N–H and O–H groups in total. The largest absolute Gasteiger partial charge is 0.345 e. The molecule has 0 saturated heterocycles. The monoisotopic (exact) mass is 234 g/mol. The summed E-state index contributed by atoms with van der Waals surface area (Å²) in [6.45, 7) is 0. The minimum Gasteiger partial charge on any atom is -0.345 e. The number of aromatic nitrogens is 3. The first-order valence-electron chi connectivity index (χ1n) is 4.17. The van der Waals surface area contributed by atoms with E-state index in [0.717, 1.165) is 4.98 Å². The first kappa shape index (κ1) is 4.42. The summed E-state index contributed by atoms with van der Waals surface area (Å²) in [7, 11) is 0. The predicted molar refractivity (Wildman–Crippen MR) is 46.6 cm³/mol. The van der Waals surface area contributed by atoms with Crippen LogP contribution < -0.4 is 0 Å². The lowest BCUT2D eigenvalue weighted by molar-refractivity contribution is 1.20. The van der Waals surface area contributed by atoms with Crippen LogP contribution >= 0.6 is 27.5 Å². The summed E-state index contributed by atoms with van der Waals surface area (Å²) in [4.78, 5) is 8.14. The van der Waals surface area contributed by atoms with E-state index in [1.165, 1.54) is 0 Å². The van der Waals surface area contributed by atoms with Crippen LogP contribution in [0.3, 0.4) is 0 Å². The van der Waals surface area contributed by atoms with Gasteiger partial charge in [-0.15, -0.1) is 0 Å². The van der Waals surface area contributed by atoms with Gasteiger partial charge in [0.2, 0.25) is 0 Å². The SMILES string of the molecule is [2H]c1nc(Cl)c2c(Br)c([2H])n([2H])c2n1. The highest BCUT2D eigenvalue weighted by molar-refractivity contribution is 9.10. The fourth-order valence-electron chi connectivity index (χ4n) is 0.748. The highest BCUT2D eigenvalue weighted by atomic mass is 79.9. The van der Waals surface area contributed by atoms with Gasteiger partial charge in [0.1, 0.15) is 18.5 Å². The summed E-state index contributed by atoms with van der Waals surface area (Å²) >= 11 is 8.89.